The first-order valence-corrected chi connectivity index (χ1v) is 24.8. The second-order valence-electron chi connectivity index (χ2n) is 16.5. The molecule has 60 heavy (non-hydrogen) atoms. The van der Waals surface area contributed by atoms with Gasteiger partial charge in [-0.15, -0.1) is 0 Å². The number of hydrogen-bond donors (Lipinski definition) is 3. The van der Waals surface area contributed by atoms with Gasteiger partial charge in [0.1, 0.15) is 6.10 Å². The van der Waals surface area contributed by atoms with Crippen LogP contribution in [0.15, 0.2) is 85.1 Å². The maximum absolute atomic E-state index is 13.1. The molecule has 1 amide bonds. The average Bonchev–Trinajstić information content (AvgIpc) is 3.24. The van der Waals surface area contributed by atoms with Crippen molar-refractivity contribution >= 4 is 11.9 Å². The number of aliphatic hydroxyl groups excluding tert-OH is 2. The number of amides is 1. The number of allylic oxidation sites excluding steroid dienone is 14. The first-order chi connectivity index (χ1) is 29.5. The van der Waals surface area contributed by atoms with E-state index in [2.05, 4.69) is 105 Å². The molecular weight excluding hydrogens is 743 g/mol. The number of hydrogen-bond acceptors (Lipinski definition) is 5. The first-order valence-electron chi connectivity index (χ1n) is 24.8. The highest BCUT2D eigenvalue weighted by Crippen LogP contribution is 2.17. The lowest BCUT2D eigenvalue weighted by atomic mass is 10.0. The SMILES string of the molecule is CC/C=C\C/C=C\C/C=C\C/C=C\C/C=C\C/C=C\CCC(=O)OC(CCCCC/C=C\CCC)CC(=O)NC(CO)C(O)CCCCCCCCCCCCCCCC. The van der Waals surface area contributed by atoms with Gasteiger partial charge in [0.15, 0.2) is 0 Å². The molecule has 0 aromatic heterocycles. The molecule has 0 aromatic carbocycles. The highest BCUT2D eigenvalue weighted by molar-refractivity contribution is 5.77. The van der Waals surface area contributed by atoms with Crippen LogP contribution in [0.1, 0.15) is 220 Å². The van der Waals surface area contributed by atoms with Gasteiger partial charge in [-0.1, -0.05) is 209 Å². The van der Waals surface area contributed by atoms with Crippen molar-refractivity contribution in [2.75, 3.05) is 6.61 Å². The molecular formula is C54H93NO5. The standard InChI is InChI=1S/C54H93NO5/c1-4-7-10-13-16-19-21-23-25-26-27-28-29-31-33-35-38-41-44-47-54(59)60-50(45-42-39-36-18-15-12-9-6-3)48-53(58)55-51(49-56)52(57)46-43-40-37-34-32-30-24-22-20-17-14-11-8-5-2/h7,10,12,15-16,19,23,25,27-28,31,33,38,41,50-52,56-57H,4-6,8-9,11,13-14,17-18,20-22,24,26,29-30,32,34-37,39-40,42-49H2,1-3H3,(H,55,58)/b10-7-,15-12-,19-16-,25-23-,28-27-,33-31-,41-38-. The van der Waals surface area contributed by atoms with Gasteiger partial charge in [0.2, 0.25) is 5.91 Å². The Hall–Kier alpha value is -2.96. The zero-order chi connectivity index (χ0) is 43.8. The number of esters is 1. The number of carbonyl (C=O) groups excluding carboxylic acids is 2. The van der Waals surface area contributed by atoms with Crippen LogP contribution in [-0.2, 0) is 14.3 Å². The van der Waals surface area contributed by atoms with E-state index < -0.39 is 18.2 Å². The number of nitrogens with one attached hydrogen (secondary N) is 1. The Morgan fingerprint density at radius 1 is 0.500 bits per heavy atom. The highest BCUT2D eigenvalue weighted by atomic mass is 16.5. The van der Waals surface area contributed by atoms with E-state index in [-0.39, 0.29) is 31.3 Å². The van der Waals surface area contributed by atoms with Gasteiger partial charge in [0.05, 0.1) is 25.2 Å². The molecule has 0 aliphatic rings. The average molecular weight is 836 g/mol. The van der Waals surface area contributed by atoms with Crippen molar-refractivity contribution < 1.29 is 24.5 Å². The van der Waals surface area contributed by atoms with Crippen molar-refractivity contribution in [3.05, 3.63) is 85.1 Å². The van der Waals surface area contributed by atoms with E-state index >= 15 is 0 Å². The minimum atomic E-state index is -0.806. The third-order valence-electron chi connectivity index (χ3n) is 10.7. The zero-order valence-electron chi connectivity index (χ0n) is 39.1. The molecule has 0 aliphatic heterocycles. The summed E-state index contributed by atoms with van der Waals surface area (Å²) in [6, 6.07) is -0.723. The summed E-state index contributed by atoms with van der Waals surface area (Å²) in [6.45, 7) is 6.27. The third-order valence-corrected chi connectivity index (χ3v) is 10.7. The number of aliphatic hydroxyl groups is 2. The topological polar surface area (TPSA) is 95.9 Å². The number of carbonyl (C=O) groups is 2. The van der Waals surface area contributed by atoms with Crippen LogP contribution in [0.5, 0.6) is 0 Å². The fourth-order valence-electron chi connectivity index (χ4n) is 6.99. The Balaban J connectivity index is 4.56. The van der Waals surface area contributed by atoms with Crippen molar-refractivity contribution in [3.8, 4) is 0 Å². The quantitative estimate of drug-likeness (QED) is 0.0323. The molecule has 0 radical (unpaired) electrons. The Bertz CT molecular complexity index is 1160. The summed E-state index contributed by atoms with van der Waals surface area (Å²) in [5, 5.41) is 23.7. The van der Waals surface area contributed by atoms with E-state index in [9.17, 15) is 19.8 Å². The maximum Gasteiger partial charge on any atom is 0.306 e. The number of ether oxygens (including phenoxy) is 1. The molecule has 6 heteroatoms. The van der Waals surface area contributed by atoms with Gasteiger partial charge in [0.25, 0.3) is 0 Å². The summed E-state index contributed by atoms with van der Waals surface area (Å²) in [5.41, 5.74) is 0. The minimum Gasteiger partial charge on any atom is -0.462 e. The summed E-state index contributed by atoms with van der Waals surface area (Å²) in [7, 11) is 0. The van der Waals surface area contributed by atoms with Gasteiger partial charge in [-0.25, -0.2) is 0 Å². The smallest absolute Gasteiger partial charge is 0.306 e. The Kier molecular flexibility index (Phi) is 44.8. The minimum absolute atomic E-state index is 0.0319. The predicted octanol–water partition coefficient (Wildman–Crippen LogP) is 14.8. The van der Waals surface area contributed by atoms with Crippen molar-refractivity contribution in [3.63, 3.8) is 0 Å². The van der Waals surface area contributed by atoms with Crippen molar-refractivity contribution in [1.29, 1.82) is 0 Å². The lowest BCUT2D eigenvalue weighted by Gasteiger charge is -2.24. The fourth-order valence-corrected chi connectivity index (χ4v) is 6.99. The van der Waals surface area contributed by atoms with Gasteiger partial charge in [-0.05, 0) is 83.5 Å². The van der Waals surface area contributed by atoms with Gasteiger partial charge in [-0.3, -0.25) is 9.59 Å². The molecule has 6 nitrogen and oxygen atoms in total. The molecule has 0 saturated carbocycles. The molecule has 0 aliphatic carbocycles. The number of unbranched alkanes of at least 4 members (excludes halogenated alkanes) is 17. The Morgan fingerprint density at radius 2 is 0.933 bits per heavy atom. The van der Waals surface area contributed by atoms with E-state index in [1.54, 1.807) is 0 Å². The monoisotopic (exact) mass is 836 g/mol. The fraction of sp³-hybridized carbons (Fsp3) is 0.704. The summed E-state index contributed by atoms with van der Waals surface area (Å²) in [5.74, 6) is -0.599. The van der Waals surface area contributed by atoms with Crippen LogP contribution in [-0.4, -0.2) is 46.9 Å². The largest absolute Gasteiger partial charge is 0.462 e. The molecule has 3 unspecified atom stereocenters. The summed E-state index contributed by atoms with van der Waals surface area (Å²) < 4.78 is 5.85. The van der Waals surface area contributed by atoms with E-state index in [0.29, 0.717) is 19.3 Å². The summed E-state index contributed by atoms with van der Waals surface area (Å²) in [6.07, 6.45) is 60.9. The molecule has 0 bridgehead atoms. The second-order valence-corrected chi connectivity index (χ2v) is 16.5. The Labute approximate surface area is 370 Å². The summed E-state index contributed by atoms with van der Waals surface area (Å²) >= 11 is 0. The van der Waals surface area contributed by atoms with Gasteiger partial charge < -0.3 is 20.3 Å². The van der Waals surface area contributed by atoms with Crippen molar-refractivity contribution in [2.24, 2.45) is 0 Å². The van der Waals surface area contributed by atoms with E-state index in [0.717, 1.165) is 96.3 Å². The van der Waals surface area contributed by atoms with Gasteiger partial charge in [0, 0.05) is 6.42 Å². The van der Waals surface area contributed by atoms with Crippen molar-refractivity contribution in [1.82, 2.24) is 5.32 Å². The lowest BCUT2D eigenvalue weighted by Crippen LogP contribution is -2.46. The van der Waals surface area contributed by atoms with Crippen LogP contribution in [0.4, 0.5) is 0 Å². The molecule has 0 saturated heterocycles. The van der Waals surface area contributed by atoms with Gasteiger partial charge >= 0.3 is 5.97 Å². The molecule has 3 N–H and O–H groups in total. The van der Waals surface area contributed by atoms with Crippen LogP contribution >= 0.6 is 0 Å². The van der Waals surface area contributed by atoms with Crippen LogP contribution < -0.4 is 5.32 Å². The summed E-state index contributed by atoms with van der Waals surface area (Å²) in [4.78, 5) is 26.0. The predicted molar refractivity (Wildman–Crippen MR) is 259 cm³/mol. The molecule has 0 rings (SSSR count). The number of rotatable bonds is 43. The molecule has 0 fully saturated rings. The maximum atomic E-state index is 13.1. The molecule has 0 heterocycles. The van der Waals surface area contributed by atoms with E-state index in [1.807, 2.05) is 6.08 Å². The normalized spacial score (nSPS) is 14.0. The van der Waals surface area contributed by atoms with E-state index in [4.69, 9.17) is 4.74 Å². The Morgan fingerprint density at radius 3 is 1.43 bits per heavy atom. The lowest BCUT2D eigenvalue weighted by molar-refractivity contribution is -0.150. The van der Waals surface area contributed by atoms with Crippen LogP contribution in [0, 0.1) is 0 Å². The van der Waals surface area contributed by atoms with Crippen LogP contribution in [0.2, 0.25) is 0 Å². The second kappa shape index (κ2) is 47.1. The first kappa shape index (κ1) is 57.0. The zero-order valence-corrected chi connectivity index (χ0v) is 39.1. The van der Waals surface area contributed by atoms with Crippen LogP contribution in [0.25, 0.3) is 0 Å². The third kappa shape index (κ3) is 41.8. The molecule has 0 spiro atoms. The van der Waals surface area contributed by atoms with Crippen molar-refractivity contribution in [2.45, 2.75) is 238 Å². The molecule has 3 atom stereocenters. The van der Waals surface area contributed by atoms with Crippen LogP contribution in [0.3, 0.4) is 0 Å². The van der Waals surface area contributed by atoms with Gasteiger partial charge in [-0.2, -0.15) is 0 Å². The van der Waals surface area contributed by atoms with E-state index in [1.165, 1.54) is 70.6 Å². The molecule has 0 aromatic rings. The highest BCUT2D eigenvalue weighted by Gasteiger charge is 2.24. The molecule has 344 valence electrons.